The van der Waals surface area contributed by atoms with Crippen molar-refractivity contribution in [2.24, 2.45) is 0 Å². The van der Waals surface area contributed by atoms with E-state index in [4.69, 9.17) is 19.3 Å². The van der Waals surface area contributed by atoms with Gasteiger partial charge >= 0.3 is 11.9 Å². The summed E-state index contributed by atoms with van der Waals surface area (Å²) in [5, 5.41) is 40.8. The second kappa shape index (κ2) is 8.54. The number of hydrogen-bond donors (Lipinski definition) is 5. The molecule has 0 aromatic heterocycles. The van der Waals surface area contributed by atoms with Crippen molar-refractivity contribution < 1.29 is 49.0 Å². The third kappa shape index (κ3) is 4.86. The van der Waals surface area contributed by atoms with Crippen LogP contribution in [0.3, 0.4) is 0 Å². The van der Waals surface area contributed by atoms with Gasteiger partial charge in [0.2, 0.25) is 5.91 Å². The Morgan fingerprint density at radius 1 is 1.32 bits per heavy atom. The quantitative estimate of drug-likeness (QED) is 0.300. The Morgan fingerprint density at radius 2 is 1.92 bits per heavy atom. The SMILES string of the molecule is CO[C@]1(C(=O)O)C[C@H](OC(C)=O)[C@@H](NC(C)=O)[C@H]([C@H](O)[C@H](O)CO)O1. The van der Waals surface area contributed by atoms with E-state index in [2.05, 4.69) is 5.32 Å². The predicted octanol–water partition coefficient (Wildman–Crippen LogP) is -2.65. The van der Waals surface area contributed by atoms with Gasteiger partial charge in [-0.3, -0.25) is 9.59 Å². The van der Waals surface area contributed by atoms with Crippen LogP contribution >= 0.6 is 0 Å². The van der Waals surface area contributed by atoms with Crippen molar-refractivity contribution in [3.05, 3.63) is 0 Å². The van der Waals surface area contributed by atoms with Crippen molar-refractivity contribution in [3.63, 3.8) is 0 Å². The number of esters is 1. The van der Waals surface area contributed by atoms with E-state index in [-0.39, 0.29) is 0 Å². The zero-order chi connectivity index (χ0) is 19.4. The first kappa shape index (κ1) is 21.3. The first-order chi connectivity index (χ1) is 11.6. The fraction of sp³-hybridized carbons (Fsp3) is 0.786. The number of carboxylic acids is 1. The monoisotopic (exact) mass is 365 g/mol. The number of aliphatic hydroxyl groups excluding tert-OH is 3. The topological polar surface area (TPSA) is 172 Å². The summed E-state index contributed by atoms with van der Waals surface area (Å²) in [7, 11) is 1.05. The normalized spacial score (nSPS) is 31.7. The van der Waals surface area contributed by atoms with E-state index in [1.54, 1.807) is 0 Å². The highest BCUT2D eigenvalue weighted by Crippen LogP contribution is 2.34. The molecule has 1 saturated heterocycles. The summed E-state index contributed by atoms with van der Waals surface area (Å²) < 4.78 is 15.3. The highest BCUT2D eigenvalue weighted by molar-refractivity contribution is 5.77. The minimum absolute atomic E-state index is 0.470. The molecule has 11 heteroatoms. The maximum absolute atomic E-state index is 11.6. The second-order valence-corrected chi connectivity index (χ2v) is 5.66. The van der Waals surface area contributed by atoms with Gasteiger partial charge in [0.25, 0.3) is 5.79 Å². The lowest BCUT2D eigenvalue weighted by atomic mass is 9.88. The molecule has 25 heavy (non-hydrogen) atoms. The highest BCUT2D eigenvalue weighted by atomic mass is 16.7. The van der Waals surface area contributed by atoms with E-state index < -0.39 is 67.1 Å². The Balaban J connectivity index is 3.33. The summed E-state index contributed by atoms with van der Waals surface area (Å²) in [6.07, 6.45) is -6.73. The van der Waals surface area contributed by atoms with Crippen LogP contribution in [0.1, 0.15) is 20.3 Å². The minimum Gasteiger partial charge on any atom is -0.477 e. The van der Waals surface area contributed by atoms with Crippen molar-refractivity contribution in [1.29, 1.82) is 0 Å². The molecule has 0 aliphatic carbocycles. The van der Waals surface area contributed by atoms with Crippen LogP contribution in [0, 0.1) is 0 Å². The molecule has 1 fully saturated rings. The second-order valence-electron chi connectivity index (χ2n) is 5.66. The maximum atomic E-state index is 11.6. The molecule has 0 aromatic carbocycles. The van der Waals surface area contributed by atoms with Crippen molar-refractivity contribution in [1.82, 2.24) is 5.32 Å². The maximum Gasteiger partial charge on any atom is 0.364 e. The third-order valence-corrected chi connectivity index (χ3v) is 3.81. The van der Waals surface area contributed by atoms with Crippen LogP contribution in [0.2, 0.25) is 0 Å². The standard InChI is InChI=1S/C14H23NO10/c1-6(17)15-10-9(24-7(2)18)4-14(23-3,13(21)22)25-12(10)11(20)8(19)5-16/h8-12,16,19-20H,4-5H2,1-3H3,(H,15,17)(H,21,22)/t8-,9+,10-,11-,12-,14-/m1/s1. The van der Waals surface area contributed by atoms with E-state index in [0.717, 1.165) is 21.0 Å². The number of ether oxygens (including phenoxy) is 3. The number of amides is 1. The Kier molecular flexibility index (Phi) is 7.26. The molecule has 1 heterocycles. The number of carbonyl (C=O) groups is 3. The Morgan fingerprint density at radius 3 is 2.32 bits per heavy atom. The molecule has 0 unspecified atom stereocenters. The number of aliphatic hydroxyl groups is 3. The van der Waals surface area contributed by atoms with Crippen molar-refractivity contribution >= 4 is 17.8 Å². The Hall–Kier alpha value is -1.79. The number of nitrogens with one attached hydrogen (secondary N) is 1. The molecule has 0 spiro atoms. The van der Waals surface area contributed by atoms with Gasteiger partial charge in [-0.25, -0.2) is 4.79 Å². The zero-order valence-corrected chi connectivity index (χ0v) is 14.0. The lowest BCUT2D eigenvalue weighted by Crippen LogP contribution is -2.68. The number of carbonyl (C=O) groups excluding carboxylic acids is 2. The van der Waals surface area contributed by atoms with Crippen LogP contribution in [0.25, 0.3) is 0 Å². The van der Waals surface area contributed by atoms with Crippen molar-refractivity contribution in [2.45, 2.75) is 56.5 Å². The molecule has 6 atom stereocenters. The van der Waals surface area contributed by atoms with Gasteiger partial charge in [-0.2, -0.15) is 0 Å². The molecule has 1 aliphatic rings. The fourth-order valence-corrected chi connectivity index (χ4v) is 2.65. The zero-order valence-electron chi connectivity index (χ0n) is 14.0. The summed E-state index contributed by atoms with van der Waals surface area (Å²) >= 11 is 0. The van der Waals surface area contributed by atoms with Crippen molar-refractivity contribution in [2.75, 3.05) is 13.7 Å². The third-order valence-electron chi connectivity index (χ3n) is 3.81. The van der Waals surface area contributed by atoms with E-state index in [1.807, 2.05) is 0 Å². The average molecular weight is 365 g/mol. The number of carboxylic acid groups (broad SMARTS) is 1. The van der Waals surface area contributed by atoms with Gasteiger partial charge in [-0.15, -0.1) is 0 Å². The summed E-state index contributed by atoms with van der Waals surface area (Å²) in [5.74, 6) is -5.16. The van der Waals surface area contributed by atoms with Crippen LogP contribution in [-0.2, 0) is 28.6 Å². The van der Waals surface area contributed by atoms with Gasteiger partial charge < -0.3 is 40.0 Å². The number of aliphatic carboxylic acids is 1. The summed E-state index contributed by atoms with van der Waals surface area (Å²) in [6, 6.07) is -1.18. The van der Waals surface area contributed by atoms with Gasteiger partial charge in [-0.1, -0.05) is 0 Å². The molecule has 5 N–H and O–H groups in total. The lowest BCUT2D eigenvalue weighted by molar-refractivity contribution is -0.304. The van der Waals surface area contributed by atoms with Gasteiger partial charge in [0.15, 0.2) is 0 Å². The Labute approximate surface area is 143 Å². The first-order valence-corrected chi connectivity index (χ1v) is 7.45. The van der Waals surface area contributed by atoms with E-state index >= 15 is 0 Å². The highest BCUT2D eigenvalue weighted by Gasteiger charge is 2.56. The molecule has 144 valence electrons. The van der Waals surface area contributed by atoms with Crippen molar-refractivity contribution in [3.8, 4) is 0 Å². The number of methoxy groups -OCH3 is 1. The van der Waals surface area contributed by atoms with Gasteiger partial charge in [0.05, 0.1) is 19.1 Å². The van der Waals surface area contributed by atoms with E-state index in [0.29, 0.717) is 0 Å². The molecular weight excluding hydrogens is 342 g/mol. The Bertz CT molecular complexity index is 512. The fourth-order valence-electron chi connectivity index (χ4n) is 2.65. The van der Waals surface area contributed by atoms with E-state index in [1.165, 1.54) is 0 Å². The molecule has 11 nitrogen and oxygen atoms in total. The summed E-state index contributed by atoms with van der Waals surface area (Å²) in [4.78, 5) is 34.4. The van der Waals surface area contributed by atoms with Crippen LogP contribution in [0.4, 0.5) is 0 Å². The van der Waals surface area contributed by atoms with Gasteiger partial charge in [0, 0.05) is 21.0 Å². The summed E-state index contributed by atoms with van der Waals surface area (Å²) in [5.41, 5.74) is 0. The van der Waals surface area contributed by atoms with Gasteiger partial charge in [-0.05, 0) is 0 Å². The van der Waals surface area contributed by atoms with Crippen LogP contribution < -0.4 is 5.32 Å². The molecule has 0 radical (unpaired) electrons. The smallest absolute Gasteiger partial charge is 0.364 e. The lowest BCUT2D eigenvalue weighted by Gasteiger charge is -2.46. The minimum atomic E-state index is -2.28. The van der Waals surface area contributed by atoms with E-state index in [9.17, 15) is 29.7 Å². The summed E-state index contributed by atoms with van der Waals surface area (Å²) in [6.45, 7) is 1.40. The van der Waals surface area contributed by atoms with Crippen LogP contribution in [0.5, 0.6) is 0 Å². The number of rotatable bonds is 7. The molecule has 1 aliphatic heterocycles. The molecule has 0 aromatic rings. The van der Waals surface area contributed by atoms with Crippen LogP contribution in [0.15, 0.2) is 0 Å². The van der Waals surface area contributed by atoms with Crippen LogP contribution in [-0.4, -0.2) is 88.2 Å². The number of hydrogen-bond acceptors (Lipinski definition) is 9. The molecule has 1 rings (SSSR count). The molecular formula is C14H23NO10. The molecule has 0 bridgehead atoms. The molecule has 0 saturated carbocycles. The first-order valence-electron chi connectivity index (χ1n) is 7.45. The average Bonchev–Trinajstić information content (AvgIpc) is 2.53. The molecule has 1 amide bonds. The largest absolute Gasteiger partial charge is 0.477 e. The van der Waals surface area contributed by atoms with Gasteiger partial charge in [0.1, 0.15) is 24.4 Å². The predicted molar refractivity (Wildman–Crippen MR) is 79.1 cm³/mol.